The number of hydrogen-bond acceptors (Lipinski definition) is 4. The molecule has 3 aromatic carbocycles. The van der Waals surface area contributed by atoms with Crippen LogP contribution in [0.4, 0.5) is 5.69 Å². The maximum Gasteiger partial charge on any atom is 0.257 e. The number of fused-ring (bicyclic) bond motifs is 1. The molecule has 0 fully saturated rings. The lowest BCUT2D eigenvalue weighted by atomic mass is 10.1. The molecule has 1 amide bonds. The van der Waals surface area contributed by atoms with E-state index in [1.807, 2.05) is 67.6 Å². The van der Waals surface area contributed by atoms with E-state index in [1.165, 1.54) is 4.70 Å². The number of thiazole rings is 1. The van der Waals surface area contributed by atoms with E-state index >= 15 is 0 Å². The summed E-state index contributed by atoms with van der Waals surface area (Å²) in [6, 6.07) is 23.3. The molecule has 0 saturated heterocycles. The first kappa shape index (κ1) is 18.3. The SMILES string of the molecule is Cc1cccc(C(=O)NC(=S)Nc2ccc(-c3nc4ccccc4s3)cc2)c1. The summed E-state index contributed by atoms with van der Waals surface area (Å²) in [5.74, 6) is -0.229. The summed E-state index contributed by atoms with van der Waals surface area (Å²) in [7, 11) is 0. The van der Waals surface area contributed by atoms with Crippen LogP contribution in [0.2, 0.25) is 0 Å². The Labute approximate surface area is 172 Å². The van der Waals surface area contributed by atoms with E-state index in [1.54, 1.807) is 17.4 Å². The molecule has 0 aliphatic heterocycles. The minimum Gasteiger partial charge on any atom is -0.332 e. The largest absolute Gasteiger partial charge is 0.332 e. The standard InChI is InChI=1S/C22H17N3OS2/c1-14-5-4-6-16(13-14)20(26)25-22(27)23-17-11-9-15(10-12-17)21-24-18-7-2-3-8-19(18)28-21/h2-13H,1H3,(H2,23,25,26,27). The molecule has 28 heavy (non-hydrogen) atoms. The number of rotatable bonds is 3. The second-order valence-corrected chi connectivity index (χ2v) is 7.78. The number of aryl methyl sites for hydroxylation is 1. The number of amides is 1. The van der Waals surface area contributed by atoms with Gasteiger partial charge in [0.1, 0.15) is 5.01 Å². The number of carbonyl (C=O) groups is 1. The Balaban J connectivity index is 1.42. The third-order valence-electron chi connectivity index (χ3n) is 4.19. The number of aromatic nitrogens is 1. The molecule has 4 rings (SSSR count). The summed E-state index contributed by atoms with van der Waals surface area (Å²) < 4.78 is 1.17. The van der Waals surface area contributed by atoms with Crippen LogP contribution in [0.25, 0.3) is 20.8 Å². The van der Waals surface area contributed by atoms with E-state index < -0.39 is 0 Å². The van der Waals surface area contributed by atoms with Crippen LogP contribution in [0.5, 0.6) is 0 Å². The van der Waals surface area contributed by atoms with Gasteiger partial charge in [-0.25, -0.2) is 4.98 Å². The zero-order valence-electron chi connectivity index (χ0n) is 15.1. The Morgan fingerprint density at radius 2 is 1.79 bits per heavy atom. The van der Waals surface area contributed by atoms with E-state index in [0.717, 1.165) is 27.3 Å². The molecule has 2 N–H and O–H groups in total. The van der Waals surface area contributed by atoms with Crippen LogP contribution in [-0.2, 0) is 0 Å². The Morgan fingerprint density at radius 1 is 1.00 bits per heavy atom. The molecule has 0 spiro atoms. The average molecular weight is 404 g/mol. The summed E-state index contributed by atoms with van der Waals surface area (Å²) in [6.45, 7) is 1.94. The fourth-order valence-corrected chi connectivity index (χ4v) is 4.00. The lowest BCUT2D eigenvalue weighted by molar-refractivity contribution is 0.0977. The molecule has 0 saturated carbocycles. The van der Waals surface area contributed by atoms with E-state index in [2.05, 4.69) is 21.7 Å². The van der Waals surface area contributed by atoms with Gasteiger partial charge < -0.3 is 5.32 Å². The van der Waals surface area contributed by atoms with Crippen molar-refractivity contribution in [3.8, 4) is 10.6 Å². The van der Waals surface area contributed by atoms with E-state index in [4.69, 9.17) is 12.2 Å². The normalized spacial score (nSPS) is 10.6. The van der Waals surface area contributed by atoms with Gasteiger partial charge in [0.05, 0.1) is 10.2 Å². The quantitative estimate of drug-likeness (QED) is 0.450. The second-order valence-electron chi connectivity index (χ2n) is 6.34. The van der Waals surface area contributed by atoms with Gasteiger partial charge in [-0.1, -0.05) is 29.8 Å². The van der Waals surface area contributed by atoms with Crippen LogP contribution in [-0.4, -0.2) is 16.0 Å². The predicted molar refractivity (Wildman–Crippen MR) is 120 cm³/mol. The van der Waals surface area contributed by atoms with Gasteiger partial charge in [0.2, 0.25) is 0 Å². The zero-order valence-corrected chi connectivity index (χ0v) is 16.7. The topological polar surface area (TPSA) is 54.0 Å². The first-order valence-electron chi connectivity index (χ1n) is 8.73. The van der Waals surface area contributed by atoms with Gasteiger partial charge in [-0.15, -0.1) is 11.3 Å². The van der Waals surface area contributed by atoms with Crippen molar-refractivity contribution in [2.45, 2.75) is 6.92 Å². The minimum atomic E-state index is -0.229. The van der Waals surface area contributed by atoms with E-state index in [0.29, 0.717) is 5.56 Å². The van der Waals surface area contributed by atoms with Gasteiger partial charge in [-0.2, -0.15) is 0 Å². The van der Waals surface area contributed by atoms with Gasteiger partial charge in [-0.3, -0.25) is 10.1 Å². The van der Waals surface area contributed by atoms with Gasteiger partial charge in [-0.05, 0) is 67.7 Å². The molecule has 0 aliphatic rings. The molecule has 1 heterocycles. The summed E-state index contributed by atoms with van der Waals surface area (Å²) >= 11 is 6.92. The van der Waals surface area contributed by atoms with Crippen LogP contribution in [0.1, 0.15) is 15.9 Å². The molecule has 0 atom stereocenters. The first-order chi connectivity index (χ1) is 13.6. The Bertz CT molecular complexity index is 1130. The second kappa shape index (κ2) is 7.88. The number of thiocarbonyl (C=S) groups is 1. The molecule has 1 aromatic heterocycles. The molecule has 0 aliphatic carbocycles. The van der Waals surface area contributed by atoms with E-state index in [-0.39, 0.29) is 11.0 Å². The summed E-state index contributed by atoms with van der Waals surface area (Å²) in [4.78, 5) is 16.9. The number of anilines is 1. The van der Waals surface area contributed by atoms with Crippen LogP contribution < -0.4 is 10.6 Å². The van der Waals surface area contributed by atoms with Crippen LogP contribution in [0, 0.1) is 6.92 Å². The number of benzene rings is 3. The van der Waals surface area contributed by atoms with Gasteiger partial charge in [0.25, 0.3) is 5.91 Å². The van der Waals surface area contributed by atoms with Crippen molar-refractivity contribution in [1.82, 2.24) is 10.3 Å². The molecular weight excluding hydrogens is 386 g/mol. The molecule has 138 valence electrons. The molecule has 0 radical (unpaired) electrons. The van der Waals surface area contributed by atoms with E-state index in [9.17, 15) is 4.79 Å². The third kappa shape index (κ3) is 4.08. The van der Waals surface area contributed by atoms with Gasteiger partial charge in [0, 0.05) is 16.8 Å². The molecule has 4 nitrogen and oxygen atoms in total. The Hall–Kier alpha value is -3.09. The maximum absolute atomic E-state index is 12.3. The highest BCUT2D eigenvalue weighted by atomic mass is 32.1. The number of carbonyl (C=O) groups excluding carboxylic acids is 1. The zero-order chi connectivity index (χ0) is 19.5. The summed E-state index contributed by atoms with van der Waals surface area (Å²) in [5.41, 5.74) is 4.46. The van der Waals surface area contributed by atoms with Crippen LogP contribution in [0.3, 0.4) is 0 Å². The monoisotopic (exact) mass is 403 g/mol. The highest BCUT2D eigenvalue weighted by Gasteiger charge is 2.09. The highest BCUT2D eigenvalue weighted by molar-refractivity contribution is 7.80. The lowest BCUT2D eigenvalue weighted by Crippen LogP contribution is -2.34. The molecule has 4 aromatic rings. The maximum atomic E-state index is 12.3. The van der Waals surface area contributed by atoms with Crippen molar-refractivity contribution in [1.29, 1.82) is 0 Å². The van der Waals surface area contributed by atoms with Crippen molar-refractivity contribution in [3.05, 3.63) is 83.9 Å². The van der Waals surface area contributed by atoms with Crippen LogP contribution >= 0.6 is 23.6 Å². The number of nitrogens with one attached hydrogen (secondary N) is 2. The predicted octanol–water partition coefficient (Wildman–Crippen LogP) is 5.40. The highest BCUT2D eigenvalue weighted by Crippen LogP contribution is 2.30. The third-order valence-corrected chi connectivity index (χ3v) is 5.48. The van der Waals surface area contributed by atoms with Gasteiger partial charge in [0.15, 0.2) is 5.11 Å². The molecule has 0 unspecified atom stereocenters. The van der Waals surface area contributed by atoms with Crippen molar-refractivity contribution in [2.24, 2.45) is 0 Å². The lowest BCUT2D eigenvalue weighted by Gasteiger charge is -2.10. The minimum absolute atomic E-state index is 0.229. The van der Waals surface area contributed by atoms with Crippen molar-refractivity contribution >= 4 is 50.5 Å². The summed E-state index contributed by atoms with van der Waals surface area (Å²) in [6.07, 6.45) is 0. The fourth-order valence-electron chi connectivity index (χ4n) is 2.82. The van der Waals surface area contributed by atoms with Crippen molar-refractivity contribution in [3.63, 3.8) is 0 Å². The molecule has 0 bridgehead atoms. The average Bonchev–Trinajstić information content (AvgIpc) is 3.12. The van der Waals surface area contributed by atoms with Gasteiger partial charge >= 0.3 is 0 Å². The van der Waals surface area contributed by atoms with Crippen molar-refractivity contribution in [2.75, 3.05) is 5.32 Å². The first-order valence-corrected chi connectivity index (χ1v) is 9.96. The number of nitrogens with zero attached hydrogens (tertiary/aromatic N) is 1. The number of para-hydroxylation sites is 1. The Kier molecular flexibility index (Phi) is 5.14. The fraction of sp³-hybridized carbons (Fsp3) is 0.0455. The smallest absolute Gasteiger partial charge is 0.257 e. The molecule has 6 heteroatoms. The number of hydrogen-bond donors (Lipinski definition) is 2. The summed E-state index contributed by atoms with van der Waals surface area (Å²) in [5, 5.41) is 6.99. The molecular formula is C22H17N3OS2. The Morgan fingerprint density at radius 3 is 2.54 bits per heavy atom. The van der Waals surface area contributed by atoms with Crippen molar-refractivity contribution < 1.29 is 4.79 Å². The van der Waals surface area contributed by atoms with Crippen LogP contribution in [0.15, 0.2) is 72.8 Å².